The smallest absolute Gasteiger partial charge is 0.341 e. The first kappa shape index (κ1) is 26.1. The van der Waals surface area contributed by atoms with Gasteiger partial charge in [-0.15, -0.1) is 0 Å². The van der Waals surface area contributed by atoms with Crippen molar-refractivity contribution < 1.29 is 28.5 Å². The maximum atomic E-state index is 13.5. The Balaban J connectivity index is 1.82. The topological polar surface area (TPSA) is 123 Å². The second-order valence-corrected chi connectivity index (χ2v) is 8.92. The zero-order chi connectivity index (χ0) is 27.5. The van der Waals surface area contributed by atoms with Crippen LogP contribution < -0.4 is 20.5 Å². The second-order valence-electron chi connectivity index (χ2n) is 8.92. The highest BCUT2D eigenvalue weighted by Gasteiger charge is 2.24. The van der Waals surface area contributed by atoms with Crippen LogP contribution in [0.1, 0.15) is 40.5 Å². The molecular weight excluding hydrogens is 504 g/mol. The van der Waals surface area contributed by atoms with Crippen LogP contribution in [-0.4, -0.2) is 59.4 Å². The Morgan fingerprint density at radius 1 is 1.13 bits per heavy atom. The molecule has 1 saturated heterocycles. The van der Waals surface area contributed by atoms with Gasteiger partial charge in [-0.25, -0.2) is 9.78 Å². The summed E-state index contributed by atoms with van der Waals surface area (Å²) >= 11 is 0. The minimum absolute atomic E-state index is 0.0223. The molecule has 0 unspecified atom stereocenters. The Labute approximate surface area is 223 Å². The fourth-order valence-corrected chi connectivity index (χ4v) is 4.65. The number of hydrogen-bond acceptors (Lipinski definition) is 8. The van der Waals surface area contributed by atoms with Gasteiger partial charge < -0.3 is 23.5 Å². The summed E-state index contributed by atoms with van der Waals surface area (Å²) in [5, 5.41) is 0.192. The lowest BCUT2D eigenvalue weighted by atomic mass is 10.1. The van der Waals surface area contributed by atoms with Crippen molar-refractivity contribution in [1.82, 2.24) is 14.0 Å². The van der Waals surface area contributed by atoms with Crippen molar-refractivity contribution in [1.29, 1.82) is 0 Å². The lowest BCUT2D eigenvalue weighted by molar-refractivity contribution is 0.0521. The number of aromatic nitrogens is 3. The first-order valence-electron chi connectivity index (χ1n) is 12.6. The Hall–Kier alpha value is -4.51. The molecule has 1 amide bonds. The third kappa shape index (κ3) is 5.00. The number of benzene rings is 1. The third-order valence-corrected chi connectivity index (χ3v) is 6.53. The monoisotopic (exact) mass is 532 g/mol. The summed E-state index contributed by atoms with van der Waals surface area (Å²) in [5.74, 6) is -0.524. The van der Waals surface area contributed by atoms with Crippen LogP contribution in [0.3, 0.4) is 0 Å². The van der Waals surface area contributed by atoms with Gasteiger partial charge in [-0.1, -0.05) is 6.07 Å². The highest BCUT2D eigenvalue weighted by atomic mass is 16.5. The van der Waals surface area contributed by atoms with Gasteiger partial charge >= 0.3 is 5.97 Å². The number of methoxy groups -OCH3 is 2. The maximum Gasteiger partial charge on any atom is 0.341 e. The van der Waals surface area contributed by atoms with Gasteiger partial charge in [-0.2, -0.15) is 4.99 Å². The highest BCUT2D eigenvalue weighted by Crippen LogP contribution is 2.28. The van der Waals surface area contributed by atoms with Crippen LogP contribution in [0.4, 0.5) is 0 Å². The first-order valence-corrected chi connectivity index (χ1v) is 12.6. The Morgan fingerprint density at radius 2 is 1.95 bits per heavy atom. The average molecular weight is 533 g/mol. The third-order valence-electron chi connectivity index (χ3n) is 6.53. The van der Waals surface area contributed by atoms with E-state index in [1.807, 2.05) is 0 Å². The zero-order valence-corrected chi connectivity index (χ0v) is 21.9. The summed E-state index contributed by atoms with van der Waals surface area (Å²) in [4.78, 5) is 49.3. The number of amides is 1. The minimum atomic E-state index is -0.711. The van der Waals surface area contributed by atoms with E-state index in [0.29, 0.717) is 23.8 Å². The summed E-state index contributed by atoms with van der Waals surface area (Å²) in [5.41, 5.74) is 0.567. The molecule has 0 N–H and O–H groups in total. The van der Waals surface area contributed by atoms with Crippen LogP contribution >= 0.6 is 0 Å². The minimum Gasteiger partial charge on any atom is -0.493 e. The van der Waals surface area contributed by atoms with Gasteiger partial charge in [0.1, 0.15) is 16.9 Å². The van der Waals surface area contributed by atoms with E-state index in [9.17, 15) is 14.4 Å². The van der Waals surface area contributed by atoms with E-state index in [1.54, 1.807) is 48.0 Å². The summed E-state index contributed by atoms with van der Waals surface area (Å²) in [6.07, 6.45) is 3.04. The van der Waals surface area contributed by atoms with Crippen LogP contribution in [0.15, 0.2) is 58.4 Å². The molecule has 0 spiro atoms. The molecular formula is C28H28N4O7. The SMILES string of the molecule is CCOC(=O)c1cc2c(=O)n3ccccc3nc2n(C[C@H]2CCCO2)c1=NC(=O)c1ccc(OC)c(OC)c1. The van der Waals surface area contributed by atoms with Gasteiger partial charge in [0.05, 0.1) is 38.9 Å². The van der Waals surface area contributed by atoms with Gasteiger partial charge in [0.15, 0.2) is 17.0 Å². The van der Waals surface area contributed by atoms with Crippen LogP contribution in [-0.2, 0) is 16.0 Å². The van der Waals surface area contributed by atoms with E-state index in [1.165, 1.54) is 30.8 Å². The molecule has 202 valence electrons. The normalized spacial score (nSPS) is 15.6. The molecule has 5 rings (SSSR count). The number of carbonyl (C=O) groups excluding carboxylic acids is 2. The van der Waals surface area contributed by atoms with E-state index < -0.39 is 11.9 Å². The van der Waals surface area contributed by atoms with Crippen molar-refractivity contribution in [2.75, 3.05) is 27.4 Å². The molecule has 11 heteroatoms. The number of ether oxygens (including phenoxy) is 4. The number of carbonyl (C=O) groups is 2. The Morgan fingerprint density at radius 3 is 2.67 bits per heavy atom. The molecule has 4 heterocycles. The molecule has 1 fully saturated rings. The summed E-state index contributed by atoms with van der Waals surface area (Å²) in [6.45, 7) is 2.60. The van der Waals surface area contributed by atoms with Crippen LogP contribution in [0.25, 0.3) is 16.7 Å². The van der Waals surface area contributed by atoms with Crippen LogP contribution in [0.2, 0.25) is 0 Å². The van der Waals surface area contributed by atoms with E-state index in [0.717, 1.165) is 12.8 Å². The molecule has 39 heavy (non-hydrogen) atoms. The van der Waals surface area contributed by atoms with E-state index in [2.05, 4.69) is 4.99 Å². The highest BCUT2D eigenvalue weighted by molar-refractivity contribution is 5.97. The van der Waals surface area contributed by atoms with Gasteiger partial charge in [0.25, 0.3) is 11.5 Å². The summed E-state index contributed by atoms with van der Waals surface area (Å²) < 4.78 is 24.8. The fourth-order valence-electron chi connectivity index (χ4n) is 4.65. The van der Waals surface area contributed by atoms with Gasteiger partial charge in [0.2, 0.25) is 0 Å². The van der Waals surface area contributed by atoms with Gasteiger partial charge in [0, 0.05) is 18.4 Å². The molecule has 0 saturated carbocycles. The molecule has 1 atom stereocenters. The van der Waals surface area contributed by atoms with E-state index >= 15 is 0 Å². The molecule has 11 nitrogen and oxygen atoms in total. The van der Waals surface area contributed by atoms with Crippen molar-refractivity contribution in [3.8, 4) is 11.5 Å². The second kappa shape index (κ2) is 11.1. The maximum absolute atomic E-state index is 13.5. The number of nitrogens with zero attached hydrogens (tertiary/aromatic N) is 4. The van der Waals surface area contributed by atoms with Crippen molar-refractivity contribution in [2.45, 2.75) is 32.4 Å². The molecule has 3 aromatic heterocycles. The van der Waals surface area contributed by atoms with Crippen molar-refractivity contribution in [3.63, 3.8) is 0 Å². The molecule has 1 aliphatic rings. The number of rotatable bonds is 7. The van der Waals surface area contributed by atoms with Crippen molar-refractivity contribution in [3.05, 3.63) is 75.6 Å². The lowest BCUT2D eigenvalue weighted by Crippen LogP contribution is -2.35. The molecule has 0 radical (unpaired) electrons. The Bertz CT molecular complexity index is 1700. The van der Waals surface area contributed by atoms with Crippen LogP contribution in [0.5, 0.6) is 11.5 Å². The standard InChI is InChI=1S/C28H28N4O7/c1-4-38-28(35)20-15-19-24(29-23-9-5-6-12-31(23)27(19)34)32(16-18-8-7-13-39-18)25(20)30-26(33)17-10-11-21(36-2)22(14-17)37-3/h5-6,9-12,14-15,18H,4,7-8,13,16H2,1-3H3/t18-/m1/s1. The van der Waals surface area contributed by atoms with Gasteiger partial charge in [-0.05, 0) is 56.2 Å². The predicted molar refractivity (Wildman–Crippen MR) is 141 cm³/mol. The molecule has 4 aromatic rings. The number of hydrogen-bond donors (Lipinski definition) is 0. The van der Waals surface area contributed by atoms with E-state index in [4.69, 9.17) is 23.9 Å². The first-order chi connectivity index (χ1) is 18.9. The summed E-state index contributed by atoms with van der Waals surface area (Å²) in [6, 6.07) is 11.3. The van der Waals surface area contributed by atoms with E-state index in [-0.39, 0.29) is 52.5 Å². The zero-order valence-electron chi connectivity index (χ0n) is 21.9. The Kier molecular flexibility index (Phi) is 7.42. The van der Waals surface area contributed by atoms with Gasteiger partial charge in [-0.3, -0.25) is 14.0 Å². The van der Waals surface area contributed by atoms with Crippen molar-refractivity contribution in [2.24, 2.45) is 4.99 Å². The predicted octanol–water partition coefficient (Wildman–Crippen LogP) is 2.76. The molecule has 1 aromatic carbocycles. The fraction of sp³-hybridized carbons (Fsp3) is 0.321. The van der Waals surface area contributed by atoms with Crippen LogP contribution in [0, 0.1) is 0 Å². The lowest BCUT2D eigenvalue weighted by Gasteiger charge is -2.18. The number of pyridine rings is 2. The molecule has 0 bridgehead atoms. The number of fused-ring (bicyclic) bond motifs is 2. The molecule has 1 aliphatic heterocycles. The van der Waals surface area contributed by atoms with Crippen molar-refractivity contribution >= 4 is 28.6 Å². The largest absolute Gasteiger partial charge is 0.493 e. The average Bonchev–Trinajstić information content (AvgIpc) is 3.47. The molecule has 0 aliphatic carbocycles. The summed E-state index contributed by atoms with van der Waals surface area (Å²) in [7, 11) is 2.97. The number of esters is 1. The quantitative estimate of drug-likeness (QED) is 0.263.